The number of nitrogens with one attached hydrogen (secondary N) is 2. The van der Waals surface area contributed by atoms with E-state index in [1.165, 1.54) is 4.88 Å². The van der Waals surface area contributed by atoms with Gasteiger partial charge in [-0.05, 0) is 32.8 Å². The number of thiazole rings is 1. The molecule has 3 N–H and O–H groups in total. The monoisotopic (exact) mass is 347 g/mol. The summed E-state index contributed by atoms with van der Waals surface area (Å²) in [7, 11) is 0. The van der Waals surface area contributed by atoms with Crippen LogP contribution in [-0.2, 0) is 6.42 Å². The zero-order valence-electron chi connectivity index (χ0n) is 14.4. The summed E-state index contributed by atoms with van der Waals surface area (Å²) in [6, 6.07) is 9.15. The number of hydrogen-bond donors (Lipinski definition) is 3. The Bertz CT molecular complexity index is 658. The van der Waals surface area contributed by atoms with E-state index in [4.69, 9.17) is 0 Å². The molecule has 5 nitrogen and oxygen atoms in total. The van der Waals surface area contributed by atoms with Gasteiger partial charge in [0.1, 0.15) is 0 Å². The first-order valence-corrected chi connectivity index (χ1v) is 8.97. The standard InChI is InChI=1S/C18H25N3O2S/c1-12(11-16(22)15-7-5-4-6-8-15)20-18(23)19-10-9-17-13(2)21-14(3)24-17/h4-8,12,16,22H,9-11H2,1-3H3,(H2,19,20,23)/t12-,16+/m1/s1. The molecule has 0 fully saturated rings. The van der Waals surface area contributed by atoms with Crippen molar-refractivity contribution in [3.63, 3.8) is 0 Å². The minimum absolute atomic E-state index is 0.118. The molecule has 2 atom stereocenters. The lowest BCUT2D eigenvalue weighted by Crippen LogP contribution is -2.42. The maximum atomic E-state index is 11.9. The van der Waals surface area contributed by atoms with Crippen molar-refractivity contribution in [3.8, 4) is 0 Å². The number of carbonyl (C=O) groups is 1. The number of aromatic nitrogens is 1. The number of nitrogens with zero attached hydrogens (tertiary/aromatic N) is 1. The second-order valence-electron chi connectivity index (χ2n) is 5.95. The molecule has 130 valence electrons. The van der Waals surface area contributed by atoms with Gasteiger partial charge in [-0.25, -0.2) is 9.78 Å². The highest BCUT2D eigenvalue weighted by Gasteiger charge is 2.14. The predicted octanol–water partition coefficient (Wildman–Crippen LogP) is 3.11. The zero-order chi connectivity index (χ0) is 17.5. The Labute approximate surface area is 147 Å². The van der Waals surface area contributed by atoms with Crippen LogP contribution in [0.4, 0.5) is 4.79 Å². The van der Waals surface area contributed by atoms with E-state index in [0.29, 0.717) is 13.0 Å². The highest BCUT2D eigenvalue weighted by molar-refractivity contribution is 7.11. The van der Waals surface area contributed by atoms with Crippen molar-refractivity contribution in [2.45, 2.75) is 45.8 Å². The third kappa shape index (κ3) is 5.62. The van der Waals surface area contributed by atoms with E-state index in [9.17, 15) is 9.90 Å². The van der Waals surface area contributed by atoms with Gasteiger partial charge < -0.3 is 15.7 Å². The second kappa shape index (κ2) is 8.80. The largest absolute Gasteiger partial charge is 0.388 e. The number of aryl methyl sites for hydroxylation is 2. The van der Waals surface area contributed by atoms with E-state index in [1.807, 2.05) is 51.1 Å². The fourth-order valence-corrected chi connectivity index (χ4v) is 3.51. The average molecular weight is 347 g/mol. The quantitative estimate of drug-likeness (QED) is 0.720. The molecule has 2 aromatic rings. The van der Waals surface area contributed by atoms with Gasteiger partial charge in [0.2, 0.25) is 0 Å². The molecular weight excluding hydrogens is 322 g/mol. The molecule has 0 saturated heterocycles. The minimum Gasteiger partial charge on any atom is -0.388 e. The molecule has 2 amide bonds. The first-order chi connectivity index (χ1) is 11.5. The van der Waals surface area contributed by atoms with Crippen LogP contribution in [-0.4, -0.2) is 28.7 Å². The molecule has 0 spiro atoms. The first kappa shape index (κ1) is 18.4. The molecular formula is C18H25N3O2S. The van der Waals surface area contributed by atoms with E-state index in [2.05, 4.69) is 15.6 Å². The minimum atomic E-state index is -0.579. The molecule has 0 unspecified atom stereocenters. The van der Waals surface area contributed by atoms with Crippen LogP contribution in [0, 0.1) is 13.8 Å². The Morgan fingerprint density at radius 2 is 2.00 bits per heavy atom. The van der Waals surface area contributed by atoms with Gasteiger partial charge in [0.15, 0.2) is 0 Å². The number of urea groups is 1. The Balaban J connectivity index is 1.70. The summed E-state index contributed by atoms with van der Waals surface area (Å²) in [5.74, 6) is 0. The summed E-state index contributed by atoms with van der Waals surface area (Å²) in [5.41, 5.74) is 1.90. The second-order valence-corrected chi connectivity index (χ2v) is 7.24. The maximum Gasteiger partial charge on any atom is 0.315 e. The van der Waals surface area contributed by atoms with Gasteiger partial charge in [0.05, 0.1) is 16.8 Å². The number of aliphatic hydroxyl groups is 1. The number of benzene rings is 1. The molecule has 1 aromatic heterocycles. The highest BCUT2D eigenvalue weighted by atomic mass is 32.1. The lowest BCUT2D eigenvalue weighted by molar-refractivity contribution is 0.154. The SMILES string of the molecule is Cc1nc(C)c(CCNC(=O)N[C@H](C)C[C@H](O)c2ccccc2)s1. The van der Waals surface area contributed by atoms with Crippen LogP contribution < -0.4 is 10.6 Å². The molecule has 0 bridgehead atoms. The van der Waals surface area contributed by atoms with Crippen molar-refractivity contribution >= 4 is 17.4 Å². The van der Waals surface area contributed by atoms with E-state index in [0.717, 1.165) is 22.7 Å². The lowest BCUT2D eigenvalue weighted by atomic mass is 10.0. The van der Waals surface area contributed by atoms with Gasteiger partial charge in [0.25, 0.3) is 0 Å². The normalized spacial score (nSPS) is 13.3. The van der Waals surface area contributed by atoms with Gasteiger partial charge in [-0.3, -0.25) is 0 Å². The van der Waals surface area contributed by atoms with Crippen LogP contribution >= 0.6 is 11.3 Å². The summed E-state index contributed by atoms with van der Waals surface area (Å²) in [5, 5.41) is 17.0. The Morgan fingerprint density at radius 3 is 2.62 bits per heavy atom. The molecule has 6 heteroatoms. The molecule has 0 aliphatic heterocycles. The lowest BCUT2D eigenvalue weighted by Gasteiger charge is -2.18. The number of carbonyl (C=O) groups excluding carboxylic acids is 1. The number of amides is 2. The van der Waals surface area contributed by atoms with Crippen LogP contribution in [0.2, 0.25) is 0 Å². The van der Waals surface area contributed by atoms with Crippen molar-refractivity contribution in [3.05, 3.63) is 51.5 Å². The topological polar surface area (TPSA) is 74.2 Å². The van der Waals surface area contributed by atoms with Crippen molar-refractivity contribution in [2.75, 3.05) is 6.54 Å². The first-order valence-electron chi connectivity index (χ1n) is 8.16. The molecule has 0 aliphatic carbocycles. The highest BCUT2D eigenvalue weighted by Crippen LogP contribution is 2.18. The van der Waals surface area contributed by atoms with Crippen molar-refractivity contribution in [1.82, 2.24) is 15.6 Å². The van der Waals surface area contributed by atoms with Crippen LogP contribution in [0.1, 0.15) is 40.6 Å². The molecule has 24 heavy (non-hydrogen) atoms. The van der Waals surface area contributed by atoms with Crippen LogP contribution in [0.25, 0.3) is 0 Å². The van der Waals surface area contributed by atoms with Gasteiger partial charge >= 0.3 is 6.03 Å². The van der Waals surface area contributed by atoms with Crippen molar-refractivity contribution < 1.29 is 9.90 Å². The fourth-order valence-electron chi connectivity index (χ4n) is 2.57. The predicted molar refractivity (Wildman–Crippen MR) is 97.3 cm³/mol. The van der Waals surface area contributed by atoms with Gasteiger partial charge in [-0.15, -0.1) is 11.3 Å². The van der Waals surface area contributed by atoms with Crippen molar-refractivity contribution in [2.24, 2.45) is 0 Å². The summed E-state index contributed by atoms with van der Waals surface area (Å²) >= 11 is 1.67. The van der Waals surface area contributed by atoms with Crippen LogP contribution in [0.15, 0.2) is 30.3 Å². The molecule has 2 rings (SSSR count). The van der Waals surface area contributed by atoms with Crippen LogP contribution in [0.3, 0.4) is 0 Å². The Hall–Kier alpha value is -1.92. The van der Waals surface area contributed by atoms with E-state index in [-0.39, 0.29) is 12.1 Å². The molecule has 0 aliphatic rings. The smallest absolute Gasteiger partial charge is 0.315 e. The van der Waals surface area contributed by atoms with E-state index in [1.54, 1.807) is 11.3 Å². The number of aliphatic hydroxyl groups excluding tert-OH is 1. The Morgan fingerprint density at radius 1 is 1.29 bits per heavy atom. The Kier molecular flexibility index (Phi) is 6.75. The third-order valence-corrected chi connectivity index (χ3v) is 4.91. The van der Waals surface area contributed by atoms with Gasteiger partial charge in [-0.2, -0.15) is 0 Å². The molecule has 1 aromatic carbocycles. The maximum absolute atomic E-state index is 11.9. The summed E-state index contributed by atoms with van der Waals surface area (Å²) in [6.07, 6.45) is 0.681. The molecule has 1 heterocycles. The van der Waals surface area contributed by atoms with E-state index < -0.39 is 6.10 Å². The van der Waals surface area contributed by atoms with Gasteiger partial charge in [-0.1, -0.05) is 30.3 Å². The zero-order valence-corrected chi connectivity index (χ0v) is 15.2. The summed E-state index contributed by atoms with van der Waals surface area (Å²) in [4.78, 5) is 17.5. The average Bonchev–Trinajstić information content (AvgIpc) is 2.85. The van der Waals surface area contributed by atoms with Crippen LogP contribution in [0.5, 0.6) is 0 Å². The van der Waals surface area contributed by atoms with Crippen molar-refractivity contribution in [1.29, 1.82) is 0 Å². The third-order valence-electron chi connectivity index (χ3n) is 3.78. The summed E-state index contributed by atoms with van der Waals surface area (Å²) in [6.45, 7) is 6.44. The van der Waals surface area contributed by atoms with Gasteiger partial charge in [0, 0.05) is 23.9 Å². The number of rotatable bonds is 7. The van der Waals surface area contributed by atoms with E-state index >= 15 is 0 Å². The molecule has 0 radical (unpaired) electrons. The fraction of sp³-hybridized carbons (Fsp3) is 0.444. The molecule has 0 saturated carbocycles. The summed E-state index contributed by atoms with van der Waals surface area (Å²) < 4.78 is 0. The number of hydrogen-bond acceptors (Lipinski definition) is 4.